The van der Waals surface area contributed by atoms with Crippen LogP contribution in [0.5, 0.6) is 0 Å². The lowest BCUT2D eigenvalue weighted by molar-refractivity contribution is -0.145. The van der Waals surface area contributed by atoms with Gasteiger partial charge in [-0.1, -0.05) is 13.8 Å². The molecule has 0 heterocycles. The molecule has 6 nitrogen and oxygen atoms in total. The molecule has 3 unspecified atom stereocenters. The summed E-state index contributed by atoms with van der Waals surface area (Å²) in [6.45, 7) is 3.96. The van der Waals surface area contributed by atoms with Crippen LogP contribution in [0.3, 0.4) is 0 Å². The van der Waals surface area contributed by atoms with Gasteiger partial charge in [-0.25, -0.2) is 4.79 Å². The van der Waals surface area contributed by atoms with Gasteiger partial charge in [0.05, 0.1) is 13.2 Å². The smallest absolute Gasteiger partial charge is 0.328 e. The van der Waals surface area contributed by atoms with Gasteiger partial charge in [0.2, 0.25) is 5.91 Å². The normalized spacial score (nSPS) is 27.4. The van der Waals surface area contributed by atoms with Gasteiger partial charge in [-0.15, -0.1) is 0 Å². The molecule has 0 bridgehead atoms. The Morgan fingerprint density at radius 3 is 2.50 bits per heavy atom. The van der Waals surface area contributed by atoms with Gasteiger partial charge in [-0.3, -0.25) is 4.79 Å². The first-order valence-electron chi connectivity index (χ1n) is 7.16. The van der Waals surface area contributed by atoms with Crippen LogP contribution in [-0.2, 0) is 14.3 Å². The second-order valence-electron chi connectivity index (χ2n) is 5.96. The largest absolute Gasteiger partial charge is 0.467 e. The number of hydrogen-bond donors (Lipinski definition) is 3. The molecular formula is C14H26N2O4. The molecule has 20 heavy (non-hydrogen) atoms. The lowest BCUT2D eigenvalue weighted by atomic mass is 9.98. The van der Waals surface area contributed by atoms with Crippen LogP contribution in [0.25, 0.3) is 0 Å². The first-order valence-corrected chi connectivity index (χ1v) is 7.16. The second-order valence-corrected chi connectivity index (χ2v) is 5.96. The number of nitrogens with one attached hydrogen (secondary N) is 1. The van der Waals surface area contributed by atoms with Crippen molar-refractivity contribution < 1.29 is 19.4 Å². The van der Waals surface area contributed by atoms with Crippen molar-refractivity contribution in [3.63, 3.8) is 0 Å². The van der Waals surface area contributed by atoms with Crippen LogP contribution in [0.1, 0.15) is 39.5 Å². The monoisotopic (exact) mass is 286 g/mol. The third-order valence-electron chi connectivity index (χ3n) is 3.80. The third-order valence-corrected chi connectivity index (χ3v) is 3.80. The number of ether oxygens (including phenoxy) is 1. The van der Waals surface area contributed by atoms with E-state index in [-0.39, 0.29) is 30.2 Å². The van der Waals surface area contributed by atoms with E-state index in [0.717, 1.165) is 6.42 Å². The number of carbonyl (C=O) groups is 2. The highest BCUT2D eigenvalue weighted by atomic mass is 16.5. The Bertz CT molecular complexity index is 346. The van der Waals surface area contributed by atoms with Crippen molar-refractivity contribution in [2.24, 2.45) is 17.6 Å². The van der Waals surface area contributed by atoms with Crippen LogP contribution in [0.4, 0.5) is 0 Å². The van der Waals surface area contributed by atoms with Crippen LogP contribution in [0.15, 0.2) is 0 Å². The topological polar surface area (TPSA) is 102 Å². The number of hydrogen-bond acceptors (Lipinski definition) is 5. The summed E-state index contributed by atoms with van der Waals surface area (Å²) in [5.74, 6) is -0.393. The average molecular weight is 286 g/mol. The van der Waals surface area contributed by atoms with E-state index in [4.69, 9.17) is 10.5 Å². The molecule has 0 aromatic rings. The van der Waals surface area contributed by atoms with Gasteiger partial charge in [-0.2, -0.15) is 0 Å². The molecule has 6 heteroatoms. The van der Waals surface area contributed by atoms with E-state index in [0.29, 0.717) is 12.8 Å². The molecule has 4 N–H and O–H groups in total. The molecule has 0 spiro atoms. The van der Waals surface area contributed by atoms with Gasteiger partial charge in [0.25, 0.3) is 0 Å². The molecule has 1 rings (SSSR count). The minimum absolute atomic E-state index is 0.0256. The number of methoxy groups -OCH3 is 1. The maximum atomic E-state index is 12.0. The van der Waals surface area contributed by atoms with Crippen LogP contribution in [0, 0.1) is 11.8 Å². The molecule has 4 atom stereocenters. The Morgan fingerprint density at radius 2 is 2.05 bits per heavy atom. The summed E-state index contributed by atoms with van der Waals surface area (Å²) in [5.41, 5.74) is 5.85. The van der Waals surface area contributed by atoms with E-state index in [1.54, 1.807) is 0 Å². The van der Waals surface area contributed by atoms with E-state index in [9.17, 15) is 14.7 Å². The molecule has 1 saturated carbocycles. The molecule has 1 aliphatic carbocycles. The Morgan fingerprint density at radius 1 is 1.40 bits per heavy atom. The Kier molecular flexibility index (Phi) is 6.42. The second kappa shape index (κ2) is 7.59. The van der Waals surface area contributed by atoms with Crippen molar-refractivity contribution in [3.8, 4) is 0 Å². The molecular weight excluding hydrogens is 260 g/mol. The highest BCUT2D eigenvalue weighted by Crippen LogP contribution is 2.27. The van der Waals surface area contributed by atoms with Gasteiger partial charge in [0, 0.05) is 12.5 Å². The van der Waals surface area contributed by atoms with E-state index >= 15 is 0 Å². The summed E-state index contributed by atoms with van der Waals surface area (Å²) < 4.78 is 4.70. The minimum Gasteiger partial charge on any atom is -0.467 e. The SMILES string of the molecule is COC(=O)[C@H](CC(C)C)NC(=O)CC1CCC(O)C1N. The van der Waals surface area contributed by atoms with Crippen molar-refractivity contribution in [2.45, 2.75) is 57.7 Å². The maximum Gasteiger partial charge on any atom is 0.328 e. The first kappa shape index (κ1) is 16.9. The molecule has 0 radical (unpaired) electrons. The van der Waals surface area contributed by atoms with Crippen LogP contribution in [-0.4, -0.2) is 42.3 Å². The molecule has 116 valence electrons. The van der Waals surface area contributed by atoms with E-state index in [1.807, 2.05) is 13.8 Å². The van der Waals surface area contributed by atoms with Gasteiger partial charge in [-0.05, 0) is 31.1 Å². The summed E-state index contributed by atoms with van der Waals surface area (Å²) in [6, 6.07) is -0.975. The number of nitrogens with two attached hydrogens (primary N) is 1. The number of rotatable bonds is 6. The zero-order valence-corrected chi connectivity index (χ0v) is 12.5. The predicted octanol–water partition coefficient (Wildman–Crippen LogP) is 0.179. The fourth-order valence-electron chi connectivity index (χ4n) is 2.64. The molecule has 0 saturated heterocycles. The summed E-state index contributed by atoms with van der Waals surface area (Å²) in [4.78, 5) is 23.6. The summed E-state index contributed by atoms with van der Waals surface area (Å²) in [5, 5.41) is 12.3. The third kappa shape index (κ3) is 4.76. The van der Waals surface area contributed by atoms with Gasteiger partial charge < -0.3 is 20.9 Å². The van der Waals surface area contributed by atoms with Gasteiger partial charge in [0.1, 0.15) is 6.04 Å². The highest BCUT2D eigenvalue weighted by Gasteiger charge is 2.34. The molecule has 1 fully saturated rings. The molecule has 1 aliphatic rings. The minimum atomic E-state index is -0.616. The number of aliphatic hydroxyl groups is 1. The van der Waals surface area contributed by atoms with E-state index < -0.39 is 18.1 Å². The van der Waals surface area contributed by atoms with Crippen LogP contribution < -0.4 is 11.1 Å². The average Bonchev–Trinajstić information content (AvgIpc) is 2.68. The quantitative estimate of drug-likeness (QED) is 0.605. The fourth-order valence-corrected chi connectivity index (χ4v) is 2.64. The van der Waals surface area contributed by atoms with Crippen LogP contribution >= 0.6 is 0 Å². The molecule has 0 aromatic carbocycles. The Balaban J connectivity index is 2.51. The highest BCUT2D eigenvalue weighted by molar-refractivity contribution is 5.84. The molecule has 1 amide bonds. The summed E-state index contributed by atoms with van der Waals surface area (Å²) >= 11 is 0. The van der Waals surface area contributed by atoms with Crippen molar-refractivity contribution in [1.82, 2.24) is 5.32 Å². The van der Waals surface area contributed by atoms with Gasteiger partial charge >= 0.3 is 5.97 Å². The zero-order chi connectivity index (χ0) is 15.3. The van der Waals surface area contributed by atoms with Crippen molar-refractivity contribution in [1.29, 1.82) is 0 Å². The predicted molar refractivity (Wildman–Crippen MR) is 74.7 cm³/mol. The lowest BCUT2D eigenvalue weighted by Gasteiger charge is -2.21. The zero-order valence-electron chi connectivity index (χ0n) is 12.5. The standard InChI is InChI=1S/C14H26N2O4/c1-8(2)6-10(14(19)20-3)16-12(18)7-9-4-5-11(17)13(9)15/h8-11,13,17H,4-7,15H2,1-3H3,(H,16,18)/t9?,10-,11?,13?/m0/s1. The fraction of sp³-hybridized carbons (Fsp3) is 0.857. The van der Waals surface area contributed by atoms with Crippen molar-refractivity contribution in [3.05, 3.63) is 0 Å². The lowest BCUT2D eigenvalue weighted by Crippen LogP contribution is -2.44. The maximum absolute atomic E-state index is 12.0. The number of aliphatic hydroxyl groups excluding tert-OH is 1. The molecule has 0 aliphatic heterocycles. The number of amides is 1. The summed E-state index contributed by atoms with van der Waals surface area (Å²) in [7, 11) is 1.31. The van der Waals surface area contributed by atoms with E-state index in [2.05, 4.69) is 5.32 Å². The van der Waals surface area contributed by atoms with Crippen LogP contribution in [0.2, 0.25) is 0 Å². The summed E-state index contributed by atoms with van der Waals surface area (Å²) in [6.07, 6.45) is 1.62. The number of esters is 1. The Labute approximate surface area is 120 Å². The van der Waals surface area contributed by atoms with E-state index in [1.165, 1.54) is 7.11 Å². The Hall–Kier alpha value is -1.14. The first-order chi connectivity index (χ1) is 9.35. The molecule has 0 aromatic heterocycles. The van der Waals surface area contributed by atoms with Crippen molar-refractivity contribution in [2.75, 3.05) is 7.11 Å². The van der Waals surface area contributed by atoms with Crippen molar-refractivity contribution >= 4 is 11.9 Å². The number of carbonyl (C=O) groups excluding carboxylic acids is 2. The van der Waals surface area contributed by atoms with Gasteiger partial charge in [0.15, 0.2) is 0 Å².